The standard InChI is InChI=1S/C19H21NO4/c1-4-23-19(22)15-8-9-17(14(3)11-15)20-18(21)12-24-16-7-5-6-13(2)10-16/h5-11H,4,12H2,1-3H3,(H,20,21). The van der Waals surface area contributed by atoms with E-state index in [0.717, 1.165) is 11.1 Å². The molecule has 0 aliphatic carbocycles. The number of rotatable bonds is 6. The number of nitrogens with one attached hydrogen (secondary N) is 1. The molecule has 0 aliphatic rings. The number of hydrogen-bond donors (Lipinski definition) is 1. The molecular weight excluding hydrogens is 306 g/mol. The van der Waals surface area contributed by atoms with E-state index < -0.39 is 0 Å². The van der Waals surface area contributed by atoms with Crippen molar-refractivity contribution in [3.05, 3.63) is 59.2 Å². The summed E-state index contributed by atoms with van der Waals surface area (Å²) in [4.78, 5) is 23.7. The highest BCUT2D eigenvalue weighted by atomic mass is 16.5. The first-order chi connectivity index (χ1) is 11.5. The third kappa shape index (κ3) is 4.84. The molecule has 1 N–H and O–H groups in total. The molecule has 24 heavy (non-hydrogen) atoms. The molecule has 2 aromatic rings. The Labute approximate surface area is 141 Å². The van der Waals surface area contributed by atoms with E-state index in [1.54, 1.807) is 31.2 Å². The van der Waals surface area contributed by atoms with Crippen LogP contribution >= 0.6 is 0 Å². The maximum Gasteiger partial charge on any atom is 0.338 e. The summed E-state index contributed by atoms with van der Waals surface area (Å²) >= 11 is 0. The number of benzene rings is 2. The Kier molecular flexibility index (Phi) is 5.95. The van der Waals surface area contributed by atoms with Crippen molar-refractivity contribution in [1.82, 2.24) is 0 Å². The van der Waals surface area contributed by atoms with Gasteiger partial charge in [-0.25, -0.2) is 4.79 Å². The molecule has 0 saturated carbocycles. The van der Waals surface area contributed by atoms with Crippen LogP contribution in [0.4, 0.5) is 5.69 Å². The van der Waals surface area contributed by atoms with Crippen LogP contribution in [0.2, 0.25) is 0 Å². The van der Waals surface area contributed by atoms with Gasteiger partial charge in [-0.3, -0.25) is 4.79 Å². The van der Waals surface area contributed by atoms with Gasteiger partial charge in [0.25, 0.3) is 5.91 Å². The summed E-state index contributed by atoms with van der Waals surface area (Å²) in [7, 11) is 0. The Morgan fingerprint density at radius 1 is 1.08 bits per heavy atom. The van der Waals surface area contributed by atoms with E-state index in [1.807, 2.05) is 32.0 Å². The normalized spacial score (nSPS) is 10.1. The molecule has 5 heteroatoms. The maximum absolute atomic E-state index is 12.0. The number of esters is 1. The van der Waals surface area contributed by atoms with Gasteiger partial charge in [0, 0.05) is 5.69 Å². The van der Waals surface area contributed by atoms with Crippen LogP contribution in [0.5, 0.6) is 5.75 Å². The van der Waals surface area contributed by atoms with Crippen LogP contribution in [0.1, 0.15) is 28.4 Å². The second-order valence-corrected chi connectivity index (χ2v) is 5.40. The number of ether oxygens (including phenoxy) is 2. The molecule has 0 aromatic heterocycles. The smallest absolute Gasteiger partial charge is 0.338 e. The average molecular weight is 327 g/mol. The molecule has 0 unspecified atom stereocenters. The lowest BCUT2D eigenvalue weighted by atomic mass is 10.1. The van der Waals surface area contributed by atoms with E-state index in [-0.39, 0.29) is 18.5 Å². The minimum absolute atomic E-state index is 0.0808. The van der Waals surface area contributed by atoms with Gasteiger partial charge < -0.3 is 14.8 Å². The Morgan fingerprint density at radius 3 is 2.54 bits per heavy atom. The van der Waals surface area contributed by atoms with Crippen LogP contribution in [-0.2, 0) is 9.53 Å². The molecule has 1 amide bonds. The fraction of sp³-hybridized carbons (Fsp3) is 0.263. The molecular formula is C19H21NO4. The fourth-order valence-electron chi connectivity index (χ4n) is 2.19. The van der Waals surface area contributed by atoms with E-state index in [0.29, 0.717) is 23.6 Å². The zero-order valence-corrected chi connectivity index (χ0v) is 14.1. The highest BCUT2D eigenvalue weighted by Gasteiger charge is 2.10. The minimum Gasteiger partial charge on any atom is -0.484 e. The summed E-state index contributed by atoms with van der Waals surface area (Å²) in [5.74, 6) is 0.0179. The van der Waals surface area contributed by atoms with Crippen molar-refractivity contribution in [3.8, 4) is 5.75 Å². The van der Waals surface area contributed by atoms with Gasteiger partial charge in [0.2, 0.25) is 0 Å². The van der Waals surface area contributed by atoms with Gasteiger partial charge in [0.15, 0.2) is 6.61 Å². The van der Waals surface area contributed by atoms with Gasteiger partial charge in [0.05, 0.1) is 12.2 Å². The SMILES string of the molecule is CCOC(=O)c1ccc(NC(=O)COc2cccc(C)c2)c(C)c1. The number of aryl methyl sites for hydroxylation is 2. The average Bonchev–Trinajstić information content (AvgIpc) is 2.55. The molecule has 0 aliphatic heterocycles. The number of carbonyl (C=O) groups is 2. The van der Waals surface area contributed by atoms with Gasteiger partial charge >= 0.3 is 5.97 Å². The highest BCUT2D eigenvalue weighted by molar-refractivity contribution is 5.94. The molecule has 0 saturated heterocycles. The monoisotopic (exact) mass is 327 g/mol. The Balaban J connectivity index is 1.95. The van der Waals surface area contributed by atoms with E-state index in [2.05, 4.69) is 5.32 Å². The lowest BCUT2D eigenvalue weighted by molar-refractivity contribution is -0.118. The molecule has 0 fully saturated rings. The third-order valence-electron chi connectivity index (χ3n) is 3.37. The molecule has 2 rings (SSSR count). The zero-order valence-electron chi connectivity index (χ0n) is 14.1. The molecule has 0 spiro atoms. The van der Waals surface area contributed by atoms with Crippen LogP contribution in [-0.4, -0.2) is 25.1 Å². The van der Waals surface area contributed by atoms with Crippen LogP contribution in [0, 0.1) is 13.8 Å². The van der Waals surface area contributed by atoms with Crippen LogP contribution in [0.15, 0.2) is 42.5 Å². The van der Waals surface area contributed by atoms with Gasteiger partial charge in [-0.15, -0.1) is 0 Å². The summed E-state index contributed by atoms with van der Waals surface area (Å²) in [5, 5.41) is 2.78. The van der Waals surface area contributed by atoms with Crippen molar-refractivity contribution in [2.75, 3.05) is 18.5 Å². The maximum atomic E-state index is 12.0. The van der Waals surface area contributed by atoms with E-state index in [1.165, 1.54) is 0 Å². The second-order valence-electron chi connectivity index (χ2n) is 5.40. The topological polar surface area (TPSA) is 64.6 Å². The zero-order chi connectivity index (χ0) is 17.5. The van der Waals surface area contributed by atoms with E-state index >= 15 is 0 Å². The van der Waals surface area contributed by atoms with Gasteiger partial charge in [-0.1, -0.05) is 12.1 Å². The summed E-state index contributed by atoms with van der Waals surface area (Å²) in [6.07, 6.45) is 0. The lowest BCUT2D eigenvalue weighted by Crippen LogP contribution is -2.20. The first-order valence-corrected chi connectivity index (χ1v) is 7.76. The summed E-state index contributed by atoms with van der Waals surface area (Å²) in [5.41, 5.74) is 2.95. The predicted octanol–water partition coefficient (Wildman–Crippen LogP) is 3.50. The van der Waals surface area contributed by atoms with Crippen molar-refractivity contribution in [2.24, 2.45) is 0 Å². The minimum atomic E-state index is -0.374. The molecule has 0 radical (unpaired) electrons. The summed E-state index contributed by atoms with van der Waals surface area (Å²) < 4.78 is 10.4. The van der Waals surface area contributed by atoms with Crippen molar-refractivity contribution >= 4 is 17.6 Å². The predicted molar refractivity (Wildman–Crippen MR) is 92.4 cm³/mol. The quantitative estimate of drug-likeness (QED) is 0.825. The van der Waals surface area contributed by atoms with E-state index in [4.69, 9.17) is 9.47 Å². The van der Waals surface area contributed by atoms with E-state index in [9.17, 15) is 9.59 Å². The molecule has 0 bridgehead atoms. The summed E-state index contributed by atoms with van der Waals surface area (Å²) in [6.45, 7) is 5.78. The molecule has 5 nitrogen and oxygen atoms in total. The molecule has 0 heterocycles. The Bertz CT molecular complexity index is 740. The number of amides is 1. The number of hydrogen-bond acceptors (Lipinski definition) is 4. The van der Waals surface area contributed by atoms with Crippen molar-refractivity contribution < 1.29 is 19.1 Å². The third-order valence-corrected chi connectivity index (χ3v) is 3.37. The largest absolute Gasteiger partial charge is 0.484 e. The molecule has 126 valence electrons. The van der Waals surface area contributed by atoms with Crippen molar-refractivity contribution in [2.45, 2.75) is 20.8 Å². The summed E-state index contributed by atoms with van der Waals surface area (Å²) in [6, 6.07) is 12.5. The Morgan fingerprint density at radius 2 is 1.88 bits per heavy atom. The van der Waals surface area contributed by atoms with Gasteiger partial charge in [0.1, 0.15) is 5.75 Å². The van der Waals surface area contributed by atoms with Gasteiger partial charge in [-0.2, -0.15) is 0 Å². The van der Waals surface area contributed by atoms with Crippen LogP contribution < -0.4 is 10.1 Å². The number of carbonyl (C=O) groups excluding carboxylic acids is 2. The van der Waals surface area contributed by atoms with Crippen molar-refractivity contribution in [1.29, 1.82) is 0 Å². The van der Waals surface area contributed by atoms with Crippen LogP contribution in [0.25, 0.3) is 0 Å². The van der Waals surface area contributed by atoms with Gasteiger partial charge in [-0.05, 0) is 62.2 Å². The number of anilines is 1. The molecule has 0 atom stereocenters. The highest BCUT2D eigenvalue weighted by Crippen LogP contribution is 2.18. The first-order valence-electron chi connectivity index (χ1n) is 7.76. The van der Waals surface area contributed by atoms with Crippen LogP contribution in [0.3, 0.4) is 0 Å². The fourth-order valence-corrected chi connectivity index (χ4v) is 2.19. The first kappa shape index (κ1) is 17.5. The Hall–Kier alpha value is -2.82. The molecule has 2 aromatic carbocycles. The van der Waals surface area contributed by atoms with Crippen molar-refractivity contribution in [3.63, 3.8) is 0 Å². The second kappa shape index (κ2) is 8.15. The lowest BCUT2D eigenvalue weighted by Gasteiger charge is -2.11.